The Balaban J connectivity index is 1.22. The molecule has 0 saturated heterocycles. The summed E-state index contributed by atoms with van der Waals surface area (Å²) < 4.78 is 7.44. The summed E-state index contributed by atoms with van der Waals surface area (Å²) in [5, 5.41) is 0. The van der Waals surface area contributed by atoms with E-state index in [9.17, 15) is 0 Å². The molecule has 12 rings (SSSR count). The van der Waals surface area contributed by atoms with E-state index in [1.54, 1.807) is 0 Å². The molecule has 2 heteroatoms. The summed E-state index contributed by atoms with van der Waals surface area (Å²) in [5.41, 5.74) is 14.3. The summed E-state index contributed by atoms with van der Waals surface area (Å²) in [7, 11) is 0. The maximum atomic E-state index is 7.44. The lowest BCUT2D eigenvalue weighted by Gasteiger charge is -2.63. The lowest BCUT2D eigenvalue weighted by molar-refractivity contribution is -0.0451. The number of benzene rings is 6. The molecule has 0 N–H and O–H groups in total. The van der Waals surface area contributed by atoms with Crippen LogP contribution in [-0.2, 0) is 16.2 Å². The van der Waals surface area contributed by atoms with E-state index >= 15 is 0 Å². The fourth-order valence-electron chi connectivity index (χ4n) is 12.7. The molecule has 6 aromatic rings. The summed E-state index contributed by atoms with van der Waals surface area (Å²) in [6.07, 6.45) is 9.05. The first-order valence-electron chi connectivity index (χ1n) is 21.3. The van der Waals surface area contributed by atoms with E-state index in [0.717, 1.165) is 41.1 Å². The van der Waals surface area contributed by atoms with Gasteiger partial charge in [0, 0.05) is 22.2 Å². The smallest absolute Gasteiger partial charge is 0.155 e. The highest BCUT2D eigenvalue weighted by Crippen LogP contribution is 2.70. The largest absolute Gasteiger partial charge is 0.455 e. The Morgan fingerprint density at radius 3 is 1.73 bits per heavy atom. The second-order valence-electron chi connectivity index (χ2n) is 19.2. The zero-order valence-electron chi connectivity index (χ0n) is 33.4. The molecule has 0 radical (unpaired) electrons. The Kier molecular flexibility index (Phi) is 7.61. The average molecular weight is 732 g/mol. The number of fused-ring (bicyclic) bond motifs is 3. The Hall–Kier alpha value is -5.08. The molecule has 280 valence electrons. The van der Waals surface area contributed by atoms with E-state index in [0.29, 0.717) is 11.8 Å². The first-order chi connectivity index (χ1) is 27.2. The van der Waals surface area contributed by atoms with Crippen LogP contribution in [0.5, 0.6) is 11.5 Å². The molecule has 1 spiro atoms. The predicted octanol–water partition coefficient (Wildman–Crippen LogP) is 14.7. The van der Waals surface area contributed by atoms with Crippen LogP contribution in [0, 0.1) is 23.7 Å². The van der Waals surface area contributed by atoms with E-state index < -0.39 is 0 Å². The van der Waals surface area contributed by atoms with E-state index in [1.165, 1.54) is 88.7 Å². The van der Waals surface area contributed by atoms with Gasteiger partial charge in [-0.05, 0) is 149 Å². The van der Waals surface area contributed by atoms with Crippen molar-refractivity contribution in [1.29, 1.82) is 0 Å². The Labute approximate surface area is 333 Å². The molecule has 5 aliphatic carbocycles. The fraction of sp³-hybridized carbons (Fsp3) is 0.333. The molecule has 0 unspecified atom stereocenters. The SMILES string of the molecule is CC1(C)CCC(C)(C)c2c(N(c3ccc(-c4ccccc4)cc3)c3cc(-c4ccccc4)cc4c3Oc3ccccc3C43C4CC5CC(C4)CC3C5)cccc21. The van der Waals surface area contributed by atoms with Gasteiger partial charge >= 0.3 is 0 Å². The summed E-state index contributed by atoms with van der Waals surface area (Å²) in [4.78, 5) is 2.60. The normalized spacial score (nSPS) is 25.9. The first-order valence-corrected chi connectivity index (χ1v) is 21.3. The Morgan fingerprint density at radius 1 is 0.482 bits per heavy atom. The summed E-state index contributed by atoms with van der Waals surface area (Å²) >= 11 is 0. The minimum atomic E-state index is -0.0721. The average Bonchev–Trinajstić information content (AvgIpc) is 3.22. The van der Waals surface area contributed by atoms with Crippen LogP contribution < -0.4 is 9.64 Å². The number of anilines is 3. The van der Waals surface area contributed by atoms with E-state index in [1.807, 2.05) is 0 Å². The van der Waals surface area contributed by atoms with Crippen LogP contribution >= 0.6 is 0 Å². The van der Waals surface area contributed by atoms with Gasteiger partial charge in [-0.3, -0.25) is 0 Å². The molecule has 1 heterocycles. The molecular weight excluding hydrogens is 679 g/mol. The van der Waals surface area contributed by atoms with Gasteiger partial charge in [0.25, 0.3) is 0 Å². The van der Waals surface area contributed by atoms with Gasteiger partial charge in [-0.15, -0.1) is 0 Å². The Morgan fingerprint density at radius 2 is 1.05 bits per heavy atom. The summed E-state index contributed by atoms with van der Waals surface area (Å²) in [6.45, 7) is 9.82. The molecule has 0 atom stereocenters. The highest BCUT2D eigenvalue weighted by Gasteiger charge is 2.61. The maximum Gasteiger partial charge on any atom is 0.155 e. The van der Waals surface area contributed by atoms with Gasteiger partial charge in [-0.25, -0.2) is 0 Å². The monoisotopic (exact) mass is 731 g/mol. The van der Waals surface area contributed by atoms with Crippen molar-refractivity contribution in [3.8, 4) is 33.8 Å². The van der Waals surface area contributed by atoms with Crippen LogP contribution in [-0.4, -0.2) is 0 Å². The molecule has 4 fully saturated rings. The lowest BCUT2D eigenvalue weighted by atomic mass is 9.41. The van der Waals surface area contributed by atoms with Crippen molar-refractivity contribution in [3.05, 3.63) is 162 Å². The highest BCUT2D eigenvalue weighted by atomic mass is 16.5. The number of hydrogen-bond donors (Lipinski definition) is 0. The number of para-hydroxylation sites is 1. The van der Waals surface area contributed by atoms with Crippen molar-refractivity contribution in [2.24, 2.45) is 23.7 Å². The first kappa shape index (κ1) is 34.2. The molecule has 6 aromatic carbocycles. The van der Waals surface area contributed by atoms with Crippen molar-refractivity contribution >= 4 is 17.1 Å². The zero-order valence-corrected chi connectivity index (χ0v) is 33.4. The minimum Gasteiger partial charge on any atom is -0.455 e. The van der Waals surface area contributed by atoms with Crippen LogP contribution in [0.15, 0.2) is 140 Å². The van der Waals surface area contributed by atoms with Crippen LogP contribution in [0.3, 0.4) is 0 Å². The van der Waals surface area contributed by atoms with E-state index in [4.69, 9.17) is 4.74 Å². The second-order valence-corrected chi connectivity index (χ2v) is 19.2. The number of rotatable bonds is 5. The molecule has 1 aliphatic heterocycles. The third kappa shape index (κ3) is 5.07. The second kappa shape index (κ2) is 12.5. The van der Waals surface area contributed by atoms with E-state index in [-0.39, 0.29) is 16.2 Å². The van der Waals surface area contributed by atoms with Crippen molar-refractivity contribution in [1.82, 2.24) is 0 Å². The van der Waals surface area contributed by atoms with Crippen LogP contribution in [0.2, 0.25) is 0 Å². The maximum absolute atomic E-state index is 7.44. The number of nitrogens with zero attached hydrogens (tertiary/aromatic N) is 1. The third-order valence-electron chi connectivity index (χ3n) is 15.1. The topological polar surface area (TPSA) is 12.5 Å². The molecule has 0 amide bonds. The van der Waals surface area contributed by atoms with Gasteiger partial charge in [0.05, 0.1) is 11.4 Å². The molecule has 2 nitrogen and oxygen atoms in total. The van der Waals surface area contributed by atoms with Crippen molar-refractivity contribution in [2.75, 3.05) is 4.90 Å². The minimum absolute atomic E-state index is 0.00310. The standard InChI is InChI=1S/C54H53NO/c1-52(2)26-27-53(3,4)50-45(52)19-13-20-47(50)55(43-24-22-39(23-25-43)37-14-7-5-8-15-37)48-34-40(38-16-9-6-10-17-38)33-46-51(48)56-49-21-12-11-18-44(49)54(46)41-29-35-28-36(31-41)32-42(54)30-35/h5-25,33-36,41-42H,26-32H2,1-4H3. The Bertz CT molecular complexity index is 2430. The van der Waals surface area contributed by atoms with Crippen LogP contribution in [0.1, 0.15) is 94.9 Å². The molecule has 56 heavy (non-hydrogen) atoms. The van der Waals surface area contributed by atoms with Gasteiger partial charge in [-0.2, -0.15) is 0 Å². The van der Waals surface area contributed by atoms with Gasteiger partial charge in [0.1, 0.15) is 5.75 Å². The molecule has 0 aromatic heterocycles. The van der Waals surface area contributed by atoms with Gasteiger partial charge in [0.15, 0.2) is 5.75 Å². The van der Waals surface area contributed by atoms with Crippen molar-refractivity contribution in [3.63, 3.8) is 0 Å². The van der Waals surface area contributed by atoms with Crippen LogP contribution in [0.25, 0.3) is 22.3 Å². The van der Waals surface area contributed by atoms with Crippen LogP contribution in [0.4, 0.5) is 17.1 Å². The lowest BCUT2D eigenvalue weighted by Crippen LogP contribution is -2.57. The summed E-state index contributed by atoms with van der Waals surface area (Å²) in [5.74, 6) is 5.05. The summed E-state index contributed by atoms with van der Waals surface area (Å²) in [6, 6.07) is 52.5. The van der Waals surface area contributed by atoms with Gasteiger partial charge in [0.2, 0.25) is 0 Å². The quantitative estimate of drug-likeness (QED) is 0.175. The fourth-order valence-corrected chi connectivity index (χ4v) is 12.7. The molecular formula is C54H53NO. The van der Waals surface area contributed by atoms with Gasteiger partial charge < -0.3 is 9.64 Å². The number of ether oxygens (including phenoxy) is 1. The van der Waals surface area contributed by atoms with Gasteiger partial charge in [-0.1, -0.05) is 131 Å². The van der Waals surface area contributed by atoms with Crippen molar-refractivity contribution < 1.29 is 4.74 Å². The van der Waals surface area contributed by atoms with Crippen molar-refractivity contribution in [2.45, 2.75) is 88.9 Å². The van der Waals surface area contributed by atoms with E-state index in [2.05, 4.69) is 172 Å². The molecule has 4 saturated carbocycles. The predicted molar refractivity (Wildman–Crippen MR) is 232 cm³/mol. The third-order valence-corrected chi connectivity index (χ3v) is 15.1. The molecule has 6 aliphatic rings. The molecule has 4 bridgehead atoms. The zero-order chi connectivity index (χ0) is 37.8. The highest BCUT2D eigenvalue weighted by molar-refractivity contribution is 5.89. The number of hydrogen-bond acceptors (Lipinski definition) is 2.